The van der Waals surface area contributed by atoms with E-state index in [9.17, 15) is 9.59 Å². The average molecular weight is 409 g/mol. The summed E-state index contributed by atoms with van der Waals surface area (Å²) < 4.78 is 6.39. The van der Waals surface area contributed by atoms with E-state index in [1.165, 1.54) is 4.57 Å². The fourth-order valence-corrected chi connectivity index (χ4v) is 3.41. The largest absolute Gasteiger partial charge is 0.466 e. The van der Waals surface area contributed by atoms with Crippen LogP contribution in [0.25, 0.3) is 5.69 Å². The normalized spacial score (nSPS) is 12.4. The Morgan fingerprint density at radius 3 is 2.72 bits per heavy atom. The summed E-state index contributed by atoms with van der Waals surface area (Å²) in [5.74, 6) is -0.136. The van der Waals surface area contributed by atoms with Gasteiger partial charge in [-0.2, -0.15) is 0 Å². The molecule has 0 unspecified atom stereocenters. The SMILES string of the molecule is CCOC(=O)Cc1nnc2n(c1=O)-c1ccc(Cl)cc1C(c1ccccc1)=NC2. The van der Waals surface area contributed by atoms with E-state index in [1.54, 1.807) is 25.1 Å². The van der Waals surface area contributed by atoms with Crippen molar-refractivity contribution in [1.82, 2.24) is 14.8 Å². The van der Waals surface area contributed by atoms with Gasteiger partial charge in [-0.1, -0.05) is 41.9 Å². The summed E-state index contributed by atoms with van der Waals surface area (Å²) in [6.07, 6.45) is -0.241. The fraction of sp³-hybridized carbons (Fsp3) is 0.190. The Hall–Kier alpha value is -3.32. The third kappa shape index (κ3) is 3.69. The first kappa shape index (κ1) is 19.0. The smallest absolute Gasteiger partial charge is 0.312 e. The van der Waals surface area contributed by atoms with Crippen molar-refractivity contribution in [3.63, 3.8) is 0 Å². The number of nitrogens with zero attached hydrogens (tertiary/aromatic N) is 4. The van der Waals surface area contributed by atoms with Crippen molar-refractivity contribution in [3.8, 4) is 5.69 Å². The van der Waals surface area contributed by atoms with Crippen LogP contribution in [0.5, 0.6) is 0 Å². The molecule has 2 heterocycles. The lowest BCUT2D eigenvalue weighted by atomic mass is 10.0. The van der Waals surface area contributed by atoms with Gasteiger partial charge in [0.15, 0.2) is 5.82 Å². The van der Waals surface area contributed by atoms with E-state index in [4.69, 9.17) is 16.3 Å². The minimum Gasteiger partial charge on any atom is -0.466 e. The van der Waals surface area contributed by atoms with Crippen molar-refractivity contribution < 1.29 is 9.53 Å². The van der Waals surface area contributed by atoms with Crippen LogP contribution in [0.15, 0.2) is 58.3 Å². The Balaban J connectivity index is 1.90. The topological polar surface area (TPSA) is 86.4 Å². The van der Waals surface area contributed by atoms with Gasteiger partial charge in [0.1, 0.15) is 12.2 Å². The highest BCUT2D eigenvalue weighted by molar-refractivity contribution is 6.31. The van der Waals surface area contributed by atoms with Crippen LogP contribution in [0.3, 0.4) is 0 Å². The van der Waals surface area contributed by atoms with E-state index < -0.39 is 11.5 Å². The molecule has 0 saturated heterocycles. The van der Waals surface area contributed by atoms with E-state index in [0.717, 1.165) is 5.56 Å². The summed E-state index contributed by atoms with van der Waals surface area (Å²) in [6, 6.07) is 14.9. The second-order valence-corrected chi connectivity index (χ2v) is 6.81. The van der Waals surface area contributed by atoms with E-state index in [2.05, 4.69) is 15.2 Å². The number of fused-ring (bicyclic) bond motifs is 3. The third-order valence-corrected chi connectivity index (χ3v) is 4.73. The van der Waals surface area contributed by atoms with Gasteiger partial charge in [0.2, 0.25) is 0 Å². The molecule has 0 aliphatic carbocycles. The van der Waals surface area contributed by atoms with Crippen LogP contribution in [-0.4, -0.2) is 33.1 Å². The Morgan fingerprint density at radius 2 is 1.97 bits per heavy atom. The zero-order valence-electron chi connectivity index (χ0n) is 15.6. The van der Waals surface area contributed by atoms with Gasteiger partial charge in [-0.05, 0) is 25.1 Å². The summed E-state index contributed by atoms with van der Waals surface area (Å²) in [4.78, 5) is 29.7. The van der Waals surface area contributed by atoms with Gasteiger partial charge in [-0.15, -0.1) is 10.2 Å². The van der Waals surface area contributed by atoms with Gasteiger partial charge in [0, 0.05) is 16.1 Å². The van der Waals surface area contributed by atoms with Gasteiger partial charge in [-0.3, -0.25) is 19.1 Å². The van der Waals surface area contributed by atoms with Gasteiger partial charge in [0.25, 0.3) is 5.56 Å². The van der Waals surface area contributed by atoms with Gasteiger partial charge >= 0.3 is 5.97 Å². The standard InChI is InChI=1S/C21H17ClN4O3/c1-2-29-19(27)11-16-21(28)26-17-9-8-14(22)10-15(17)20(13-6-4-3-5-7-13)23-12-18(26)25-24-16/h3-10H,2,11-12H2,1H3. The number of hydrogen-bond donors (Lipinski definition) is 0. The minimum absolute atomic E-state index is 0.0243. The van der Waals surface area contributed by atoms with Crippen LogP contribution in [0, 0.1) is 0 Å². The molecule has 29 heavy (non-hydrogen) atoms. The van der Waals surface area contributed by atoms with Crippen molar-refractivity contribution >= 4 is 23.3 Å². The van der Waals surface area contributed by atoms with Crippen LogP contribution in [0.1, 0.15) is 29.6 Å². The van der Waals surface area contributed by atoms with Crippen LogP contribution in [0.2, 0.25) is 5.02 Å². The Morgan fingerprint density at radius 1 is 1.17 bits per heavy atom. The number of aliphatic imine (C=N–C) groups is 1. The van der Waals surface area contributed by atoms with Crippen molar-refractivity contribution in [2.45, 2.75) is 19.9 Å². The number of halogens is 1. The maximum Gasteiger partial charge on any atom is 0.312 e. The van der Waals surface area contributed by atoms with Gasteiger partial charge < -0.3 is 4.74 Å². The first-order valence-corrected chi connectivity index (χ1v) is 9.49. The van der Waals surface area contributed by atoms with Crippen molar-refractivity contribution in [2.75, 3.05) is 6.61 Å². The van der Waals surface area contributed by atoms with Crippen LogP contribution < -0.4 is 5.56 Å². The summed E-state index contributed by atoms with van der Waals surface area (Å²) in [5, 5.41) is 8.66. The predicted octanol–water partition coefficient (Wildman–Crippen LogP) is 2.74. The number of carbonyl (C=O) groups is 1. The molecule has 146 valence electrons. The highest BCUT2D eigenvalue weighted by Crippen LogP contribution is 2.26. The van der Waals surface area contributed by atoms with Crippen molar-refractivity contribution in [1.29, 1.82) is 0 Å². The predicted molar refractivity (Wildman–Crippen MR) is 109 cm³/mol. The monoisotopic (exact) mass is 408 g/mol. The number of ether oxygens (including phenoxy) is 1. The minimum atomic E-state index is -0.523. The Kier molecular flexibility index (Phi) is 5.22. The number of hydrogen-bond acceptors (Lipinski definition) is 6. The molecule has 0 fully saturated rings. The molecular weight excluding hydrogens is 392 g/mol. The molecular formula is C21H17ClN4O3. The summed E-state index contributed by atoms with van der Waals surface area (Å²) in [6.45, 7) is 2.10. The molecule has 3 aromatic rings. The zero-order valence-corrected chi connectivity index (χ0v) is 16.4. The molecule has 0 radical (unpaired) electrons. The van der Waals surface area contributed by atoms with Crippen LogP contribution >= 0.6 is 11.6 Å². The second-order valence-electron chi connectivity index (χ2n) is 6.38. The molecule has 4 rings (SSSR count). The second kappa shape index (κ2) is 7.97. The maximum atomic E-state index is 13.2. The lowest BCUT2D eigenvalue weighted by Crippen LogP contribution is -2.30. The lowest BCUT2D eigenvalue weighted by molar-refractivity contribution is -0.142. The summed E-state index contributed by atoms with van der Waals surface area (Å²) in [5.41, 5.74) is 2.51. The van der Waals surface area contributed by atoms with Gasteiger partial charge in [-0.25, -0.2) is 0 Å². The van der Waals surface area contributed by atoms with Crippen molar-refractivity contribution in [3.05, 3.63) is 86.6 Å². The highest BCUT2D eigenvalue weighted by Gasteiger charge is 2.23. The molecule has 0 amide bonds. The first-order valence-electron chi connectivity index (χ1n) is 9.11. The third-order valence-electron chi connectivity index (χ3n) is 4.49. The number of esters is 1. The Labute approximate surface area is 171 Å². The molecule has 0 saturated carbocycles. The highest BCUT2D eigenvalue weighted by atomic mass is 35.5. The molecule has 0 spiro atoms. The van der Waals surface area contributed by atoms with E-state index in [-0.39, 0.29) is 25.3 Å². The summed E-state index contributed by atoms with van der Waals surface area (Å²) >= 11 is 6.25. The van der Waals surface area contributed by atoms with E-state index in [1.807, 2.05) is 30.3 Å². The van der Waals surface area contributed by atoms with E-state index in [0.29, 0.717) is 27.8 Å². The number of benzene rings is 2. The number of aromatic nitrogens is 3. The molecule has 0 bridgehead atoms. The molecule has 2 aromatic carbocycles. The fourth-order valence-electron chi connectivity index (χ4n) is 3.23. The number of rotatable bonds is 4. The lowest BCUT2D eigenvalue weighted by Gasteiger charge is -2.14. The quantitative estimate of drug-likeness (QED) is 0.619. The molecule has 1 aromatic heterocycles. The van der Waals surface area contributed by atoms with Gasteiger partial charge in [0.05, 0.1) is 24.4 Å². The first-order chi connectivity index (χ1) is 14.1. The number of carbonyl (C=O) groups excluding carboxylic acids is 1. The summed E-state index contributed by atoms with van der Waals surface area (Å²) in [7, 11) is 0. The average Bonchev–Trinajstić information content (AvgIpc) is 2.88. The van der Waals surface area contributed by atoms with Crippen LogP contribution in [-0.2, 0) is 22.5 Å². The maximum absolute atomic E-state index is 13.2. The molecule has 7 nitrogen and oxygen atoms in total. The molecule has 8 heteroatoms. The Bertz CT molecular complexity index is 1170. The van der Waals surface area contributed by atoms with E-state index >= 15 is 0 Å². The zero-order chi connectivity index (χ0) is 20.4. The molecule has 0 N–H and O–H groups in total. The van der Waals surface area contributed by atoms with Crippen LogP contribution in [0.4, 0.5) is 0 Å². The molecule has 1 aliphatic rings. The molecule has 1 aliphatic heterocycles. The van der Waals surface area contributed by atoms with Crippen molar-refractivity contribution in [2.24, 2.45) is 4.99 Å². The molecule has 0 atom stereocenters.